The fourth-order valence-electron chi connectivity index (χ4n) is 1.92. The molecule has 1 aliphatic rings. The summed E-state index contributed by atoms with van der Waals surface area (Å²) >= 11 is 5.15. The lowest BCUT2D eigenvalue weighted by Crippen LogP contribution is -2.13. The normalized spacial score (nSPS) is 26.9. The van der Waals surface area contributed by atoms with Crippen LogP contribution in [0.4, 0.5) is 4.39 Å². The van der Waals surface area contributed by atoms with Crippen LogP contribution >= 0.6 is 11.6 Å². The fraction of sp³-hybridized carbons (Fsp3) is 0.714. The van der Waals surface area contributed by atoms with Crippen molar-refractivity contribution < 1.29 is 18.8 Å². The molecule has 1 aliphatic carbocycles. The quantitative estimate of drug-likeness (QED) is 0.237. The molecule has 0 spiro atoms. The molecule has 0 amide bonds. The average Bonchev–Trinajstić information content (AvgIpc) is 2.90. The zero-order valence-corrected chi connectivity index (χ0v) is 13.0. The SMILES string of the molecule is C=C(OC(=O)[C@@H]1[C@@H](C=NOC(C)CC)C1(C)C)C(F)Cl. The maximum Gasteiger partial charge on any atom is 0.315 e. The third-order valence-corrected chi connectivity index (χ3v) is 3.92. The molecule has 0 aliphatic heterocycles. The van der Waals surface area contributed by atoms with Crippen LogP contribution in [0.25, 0.3) is 0 Å². The lowest BCUT2D eigenvalue weighted by atomic mass is 10.1. The van der Waals surface area contributed by atoms with Gasteiger partial charge in [0.25, 0.3) is 0 Å². The predicted octanol–water partition coefficient (Wildman–Crippen LogP) is 3.65. The van der Waals surface area contributed by atoms with Crippen LogP contribution in [0.2, 0.25) is 0 Å². The van der Waals surface area contributed by atoms with E-state index in [1.165, 1.54) is 0 Å². The molecule has 1 saturated carbocycles. The molecule has 20 heavy (non-hydrogen) atoms. The predicted molar refractivity (Wildman–Crippen MR) is 76.1 cm³/mol. The van der Waals surface area contributed by atoms with E-state index < -0.39 is 11.6 Å². The first-order valence-corrected chi connectivity index (χ1v) is 7.03. The molecule has 0 bridgehead atoms. The molecule has 0 heterocycles. The lowest BCUT2D eigenvalue weighted by Gasteiger charge is -2.07. The number of rotatable bonds is 7. The van der Waals surface area contributed by atoms with E-state index in [1.54, 1.807) is 6.21 Å². The van der Waals surface area contributed by atoms with Crippen molar-refractivity contribution in [1.29, 1.82) is 0 Å². The van der Waals surface area contributed by atoms with Gasteiger partial charge in [-0.2, -0.15) is 0 Å². The summed E-state index contributed by atoms with van der Waals surface area (Å²) in [7, 11) is 0. The van der Waals surface area contributed by atoms with E-state index in [0.717, 1.165) is 6.42 Å². The molecule has 114 valence electrons. The van der Waals surface area contributed by atoms with E-state index in [1.807, 2.05) is 27.7 Å². The van der Waals surface area contributed by atoms with Crippen LogP contribution in [-0.2, 0) is 14.4 Å². The van der Waals surface area contributed by atoms with Gasteiger partial charge in [-0.15, -0.1) is 0 Å². The van der Waals surface area contributed by atoms with Crippen LogP contribution in [0.15, 0.2) is 17.5 Å². The van der Waals surface area contributed by atoms with Crippen molar-refractivity contribution in [1.82, 2.24) is 0 Å². The van der Waals surface area contributed by atoms with E-state index in [4.69, 9.17) is 21.2 Å². The molecule has 0 radical (unpaired) electrons. The molecule has 0 aromatic rings. The summed E-state index contributed by atoms with van der Waals surface area (Å²) in [6.07, 6.45) is 2.49. The van der Waals surface area contributed by atoms with Gasteiger partial charge in [0, 0.05) is 12.1 Å². The van der Waals surface area contributed by atoms with Crippen LogP contribution in [0.5, 0.6) is 0 Å². The number of carbonyl (C=O) groups is 1. The number of alkyl halides is 2. The minimum absolute atomic E-state index is 0.0295. The number of hydrogen-bond acceptors (Lipinski definition) is 4. The van der Waals surface area contributed by atoms with Gasteiger partial charge in [0.1, 0.15) is 11.9 Å². The second-order valence-electron chi connectivity index (χ2n) is 5.59. The summed E-state index contributed by atoms with van der Waals surface area (Å²) in [6.45, 7) is 11.0. The monoisotopic (exact) mass is 305 g/mol. The zero-order valence-electron chi connectivity index (χ0n) is 12.2. The van der Waals surface area contributed by atoms with Gasteiger partial charge >= 0.3 is 5.97 Å². The summed E-state index contributed by atoms with van der Waals surface area (Å²) in [5.41, 5.74) is -2.18. The molecule has 4 atom stereocenters. The summed E-state index contributed by atoms with van der Waals surface area (Å²) in [5, 5.41) is 3.89. The Labute approximate surface area is 123 Å². The Hall–Kier alpha value is -1.10. The molecular weight excluding hydrogens is 285 g/mol. The Balaban J connectivity index is 2.55. The number of oxime groups is 1. The number of hydrogen-bond donors (Lipinski definition) is 0. The van der Waals surface area contributed by atoms with E-state index in [0.29, 0.717) is 0 Å². The van der Waals surface area contributed by atoms with E-state index in [9.17, 15) is 9.18 Å². The highest BCUT2D eigenvalue weighted by atomic mass is 35.5. The number of halogens is 2. The number of carbonyl (C=O) groups excluding carboxylic acids is 1. The molecule has 0 saturated heterocycles. The van der Waals surface area contributed by atoms with Crippen LogP contribution in [0.3, 0.4) is 0 Å². The molecule has 6 heteroatoms. The number of allylic oxidation sites excluding steroid dienone is 1. The minimum atomic E-state index is -1.89. The van der Waals surface area contributed by atoms with Crippen molar-refractivity contribution >= 4 is 23.8 Å². The Morgan fingerprint density at radius 3 is 2.70 bits per heavy atom. The van der Waals surface area contributed by atoms with Crippen molar-refractivity contribution in [2.75, 3.05) is 0 Å². The van der Waals surface area contributed by atoms with Crippen molar-refractivity contribution in [2.45, 2.75) is 45.9 Å². The third kappa shape index (κ3) is 3.95. The topological polar surface area (TPSA) is 47.9 Å². The van der Waals surface area contributed by atoms with Crippen molar-refractivity contribution in [3.05, 3.63) is 12.3 Å². The summed E-state index contributed by atoms with van der Waals surface area (Å²) in [4.78, 5) is 17.1. The van der Waals surface area contributed by atoms with Gasteiger partial charge in [-0.05, 0) is 18.8 Å². The van der Waals surface area contributed by atoms with Crippen molar-refractivity contribution in [3.8, 4) is 0 Å². The second kappa shape index (κ2) is 6.57. The van der Waals surface area contributed by atoms with Gasteiger partial charge in [0.2, 0.25) is 5.63 Å². The van der Waals surface area contributed by atoms with Gasteiger partial charge < -0.3 is 9.57 Å². The largest absolute Gasteiger partial charge is 0.427 e. The summed E-state index contributed by atoms with van der Waals surface area (Å²) in [6, 6.07) is 0. The van der Waals surface area contributed by atoms with Crippen LogP contribution < -0.4 is 0 Å². The van der Waals surface area contributed by atoms with E-state index in [-0.39, 0.29) is 29.1 Å². The highest BCUT2D eigenvalue weighted by Crippen LogP contribution is 2.57. The highest BCUT2D eigenvalue weighted by molar-refractivity contribution is 6.21. The first-order chi connectivity index (χ1) is 9.21. The zero-order chi connectivity index (χ0) is 15.5. The van der Waals surface area contributed by atoms with Gasteiger partial charge in [-0.25, -0.2) is 4.39 Å². The molecule has 0 aromatic carbocycles. The standard InChI is InChI=1S/C14H21ClFNO3/c1-6-8(2)20-17-7-10-11(14(10,4)5)13(18)19-9(3)12(15)16/h7-8,10-12H,3,6H2,1-2,4-5H3/t8?,10-,11+,12?/m1/s1. The highest BCUT2D eigenvalue weighted by Gasteiger charge is 2.62. The third-order valence-electron chi connectivity index (χ3n) is 3.68. The van der Waals surface area contributed by atoms with E-state index >= 15 is 0 Å². The van der Waals surface area contributed by atoms with Gasteiger partial charge in [-0.3, -0.25) is 4.79 Å². The molecule has 4 nitrogen and oxygen atoms in total. The van der Waals surface area contributed by atoms with Crippen molar-refractivity contribution in [3.63, 3.8) is 0 Å². The minimum Gasteiger partial charge on any atom is -0.427 e. The Bertz CT molecular complexity index is 409. The molecule has 1 rings (SSSR count). The first-order valence-electron chi connectivity index (χ1n) is 6.59. The van der Waals surface area contributed by atoms with Crippen LogP contribution in [0.1, 0.15) is 34.1 Å². The second-order valence-corrected chi connectivity index (χ2v) is 5.97. The number of ether oxygens (including phenoxy) is 1. The molecule has 2 unspecified atom stereocenters. The molecule has 1 fully saturated rings. The Kier molecular flexibility index (Phi) is 5.57. The fourth-order valence-corrected chi connectivity index (χ4v) is 1.97. The average molecular weight is 306 g/mol. The van der Waals surface area contributed by atoms with Crippen LogP contribution in [0, 0.1) is 17.3 Å². The maximum atomic E-state index is 12.7. The number of nitrogens with zero attached hydrogens (tertiary/aromatic N) is 1. The molecule has 0 aromatic heterocycles. The first kappa shape index (κ1) is 17.0. The van der Waals surface area contributed by atoms with Gasteiger partial charge in [0.15, 0.2) is 0 Å². The maximum absolute atomic E-state index is 12.7. The molecular formula is C14H21ClFNO3. The van der Waals surface area contributed by atoms with Crippen molar-refractivity contribution in [2.24, 2.45) is 22.4 Å². The lowest BCUT2D eigenvalue weighted by molar-refractivity contribution is -0.142. The Morgan fingerprint density at radius 2 is 2.20 bits per heavy atom. The Morgan fingerprint density at radius 1 is 1.60 bits per heavy atom. The van der Waals surface area contributed by atoms with Gasteiger partial charge in [-0.1, -0.05) is 44.1 Å². The molecule has 0 N–H and O–H groups in total. The summed E-state index contributed by atoms with van der Waals surface area (Å²) in [5.74, 6) is -1.41. The van der Waals surface area contributed by atoms with E-state index in [2.05, 4.69) is 11.7 Å². The van der Waals surface area contributed by atoms with Crippen LogP contribution in [-0.4, -0.2) is 23.9 Å². The van der Waals surface area contributed by atoms with Gasteiger partial charge in [0.05, 0.1) is 5.92 Å². The summed E-state index contributed by atoms with van der Waals surface area (Å²) < 4.78 is 17.5. The number of esters is 1. The smallest absolute Gasteiger partial charge is 0.315 e.